The highest BCUT2D eigenvalue weighted by atomic mass is 16.5. The van der Waals surface area contributed by atoms with Gasteiger partial charge in [0, 0.05) is 30.9 Å². The molecule has 2 aromatic rings. The lowest BCUT2D eigenvalue weighted by Gasteiger charge is -2.37. The van der Waals surface area contributed by atoms with E-state index in [0.717, 1.165) is 30.7 Å². The van der Waals surface area contributed by atoms with E-state index in [4.69, 9.17) is 10.1 Å². The number of carbonyl (C=O) groups excluding carboxylic acids is 1. The van der Waals surface area contributed by atoms with Gasteiger partial charge in [0.05, 0.1) is 5.56 Å². The number of benzene rings is 1. The molecule has 0 radical (unpaired) electrons. The number of allylic oxidation sites excluding steroid dienone is 2. The fourth-order valence-corrected chi connectivity index (χ4v) is 4.28. The van der Waals surface area contributed by atoms with E-state index in [1.165, 1.54) is 0 Å². The molecule has 1 aliphatic heterocycles. The zero-order valence-electron chi connectivity index (χ0n) is 16.8. The highest BCUT2D eigenvalue weighted by Crippen LogP contribution is 2.48. The van der Waals surface area contributed by atoms with Crippen LogP contribution in [-0.2, 0) is 11.3 Å². The molecule has 1 aromatic heterocycles. The molecule has 2 heterocycles. The number of carbonyl (C=O) groups is 1. The van der Waals surface area contributed by atoms with Crippen molar-refractivity contribution in [1.82, 2.24) is 9.55 Å². The fourth-order valence-electron chi connectivity index (χ4n) is 4.28. The van der Waals surface area contributed by atoms with Gasteiger partial charge in [-0.05, 0) is 17.4 Å². The Kier molecular flexibility index (Phi) is 4.69. The van der Waals surface area contributed by atoms with Gasteiger partial charge in [0.25, 0.3) is 0 Å². The van der Waals surface area contributed by atoms with Crippen LogP contribution in [0, 0.1) is 10.8 Å². The molecule has 1 unspecified atom stereocenters. The Morgan fingerprint density at radius 1 is 1.25 bits per heavy atom. The number of hydrogen-bond acceptors (Lipinski definition) is 4. The van der Waals surface area contributed by atoms with E-state index >= 15 is 0 Å². The molecule has 146 valence electrons. The number of hydrogen-bond donors (Lipinski definition) is 1. The summed E-state index contributed by atoms with van der Waals surface area (Å²) in [5.74, 6) is 1.02. The van der Waals surface area contributed by atoms with Crippen LogP contribution < -0.4 is 10.2 Å². The molecule has 2 aliphatic rings. The standard InChI is InChI=1S/C23H27N3O2/c1-4-5-11-26-14-25-22-20(21(26)24)18(15-9-7-6-8-10-15)19-16(27)12-23(2,3)13-17(19)28-22/h6-10,14,18,24H,4-5,11-13H2,1-3H3. The van der Waals surface area contributed by atoms with Gasteiger partial charge in [-0.25, -0.2) is 4.98 Å². The third-order valence-electron chi connectivity index (χ3n) is 5.65. The summed E-state index contributed by atoms with van der Waals surface area (Å²) in [7, 11) is 0. The highest BCUT2D eigenvalue weighted by Gasteiger charge is 2.43. The predicted molar refractivity (Wildman–Crippen MR) is 107 cm³/mol. The molecule has 0 bridgehead atoms. The maximum absolute atomic E-state index is 13.2. The molecule has 5 heteroatoms. The number of unbranched alkanes of at least 4 members (excludes halogenated alkanes) is 1. The molecule has 28 heavy (non-hydrogen) atoms. The van der Waals surface area contributed by atoms with Gasteiger partial charge >= 0.3 is 0 Å². The van der Waals surface area contributed by atoms with Crippen LogP contribution in [0.25, 0.3) is 0 Å². The molecule has 1 atom stereocenters. The van der Waals surface area contributed by atoms with Crippen molar-refractivity contribution in [3.05, 3.63) is 64.6 Å². The van der Waals surface area contributed by atoms with Crippen molar-refractivity contribution < 1.29 is 9.53 Å². The third kappa shape index (κ3) is 3.19. The largest absolute Gasteiger partial charge is 0.442 e. The Balaban J connectivity index is 1.92. The molecule has 5 nitrogen and oxygen atoms in total. The number of ether oxygens (including phenoxy) is 1. The Labute approximate surface area is 165 Å². The smallest absolute Gasteiger partial charge is 0.228 e. The Bertz CT molecular complexity index is 1000. The number of rotatable bonds is 4. The predicted octanol–water partition coefficient (Wildman–Crippen LogP) is 4.33. The van der Waals surface area contributed by atoms with Gasteiger partial charge in [-0.2, -0.15) is 0 Å². The van der Waals surface area contributed by atoms with E-state index < -0.39 is 0 Å². The van der Waals surface area contributed by atoms with Gasteiger partial charge in [-0.15, -0.1) is 0 Å². The van der Waals surface area contributed by atoms with E-state index in [1.54, 1.807) is 6.33 Å². The number of aromatic nitrogens is 2. The molecular formula is C23H27N3O2. The summed E-state index contributed by atoms with van der Waals surface area (Å²) in [4.78, 5) is 17.7. The molecule has 0 spiro atoms. The van der Waals surface area contributed by atoms with Gasteiger partial charge in [-0.3, -0.25) is 10.2 Å². The van der Waals surface area contributed by atoms with E-state index in [0.29, 0.717) is 35.3 Å². The summed E-state index contributed by atoms with van der Waals surface area (Å²) < 4.78 is 8.01. The minimum absolute atomic E-state index is 0.120. The number of nitrogens with one attached hydrogen (secondary N) is 1. The van der Waals surface area contributed by atoms with E-state index in [9.17, 15) is 4.79 Å². The molecule has 0 amide bonds. The number of fused-ring (bicyclic) bond motifs is 1. The summed E-state index contributed by atoms with van der Waals surface area (Å²) in [6.07, 6.45) is 4.92. The highest BCUT2D eigenvalue weighted by molar-refractivity contribution is 6.00. The minimum atomic E-state index is -0.294. The van der Waals surface area contributed by atoms with Crippen molar-refractivity contribution in [2.45, 2.75) is 58.9 Å². The average molecular weight is 377 g/mol. The van der Waals surface area contributed by atoms with Crippen molar-refractivity contribution in [2.75, 3.05) is 0 Å². The maximum atomic E-state index is 13.2. The summed E-state index contributed by atoms with van der Waals surface area (Å²) in [5, 5.41) is 8.84. The first-order valence-electron chi connectivity index (χ1n) is 10.0. The van der Waals surface area contributed by atoms with Crippen molar-refractivity contribution in [1.29, 1.82) is 5.41 Å². The van der Waals surface area contributed by atoms with Crippen molar-refractivity contribution in [3.8, 4) is 5.88 Å². The second-order valence-corrected chi connectivity index (χ2v) is 8.58. The first-order chi connectivity index (χ1) is 13.4. The molecule has 0 saturated carbocycles. The molecule has 1 aliphatic carbocycles. The van der Waals surface area contributed by atoms with Gasteiger partial charge in [0.1, 0.15) is 17.6 Å². The first kappa shape index (κ1) is 18.7. The molecule has 1 N–H and O–H groups in total. The zero-order valence-corrected chi connectivity index (χ0v) is 16.8. The van der Waals surface area contributed by atoms with E-state index in [-0.39, 0.29) is 17.1 Å². The van der Waals surface area contributed by atoms with Crippen LogP contribution in [0.2, 0.25) is 0 Å². The van der Waals surface area contributed by atoms with Gasteiger partial charge in [-0.1, -0.05) is 57.5 Å². The van der Waals surface area contributed by atoms with Gasteiger partial charge in [0.2, 0.25) is 5.88 Å². The molecule has 0 fully saturated rings. The second kappa shape index (κ2) is 7.04. The van der Waals surface area contributed by atoms with E-state index in [2.05, 4.69) is 25.8 Å². The van der Waals surface area contributed by atoms with Crippen LogP contribution in [-0.4, -0.2) is 15.3 Å². The fraction of sp³-hybridized carbons (Fsp3) is 0.435. The number of aryl methyl sites for hydroxylation is 1. The SMILES string of the molecule is CCCCn1cnc2c(c1=N)C(c1ccccc1)C1=C(CC(C)(C)CC1=O)O2. The number of ketones is 1. The second-order valence-electron chi connectivity index (χ2n) is 8.58. The lowest BCUT2D eigenvalue weighted by Crippen LogP contribution is -2.37. The van der Waals surface area contributed by atoms with Crippen molar-refractivity contribution >= 4 is 5.78 Å². The molecule has 1 aromatic carbocycles. The van der Waals surface area contributed by atoms with Crippen LogP contribution in [0.15, 0.2) is 48.0 Å². The summed E-state index contributed by atoms with van der Waals surface area (Å²) in [6, 6.07) is 9.98. The quantitative estimate of drug-likeness (QED) is 0.862. The average Bonchev–Trinajstić information content (AvgIpc) is 2.66. The number of Topliss-reactive ketones (excluding diaryl/α,β-unsaturated/α-hetero) is 1. The van der Waals surface area contributed by atoms with Crippen LogP contribution in [0.5, 0.6) is 5.88 Å². The number of nitrogens with zero attached hydrogens (tertiary/aromatic N) is 2. The van der Waals surface area contributed by atoms with E-state index in [1.807, 2.05) is 34.9 Å². The van der Waals surface area contributed by atoms with Crippen LogP contribution >= 0.6 is 0 Å². The Morgan fingerprint density at radius 3 is 2.71 bits per heavy atom. The van der Waals surface area contributed by atoms with Crippen molar-refractivity contribution in [3.63, 3.8) is 0 Å². The monoisotopic (exact) mass is 377 g/mol. The summed E-state index contributed by atoms with van der Waals surface area (Å²) in [6.45, 7) is 7.06. The summed E-state index contributed by atoms with van der Waals surface area (Å²) >= 11 is 0. The normalized spacial score (nSPS) is 20.4. The molecular weight excluding hydrogens is 350 g/mol. The topological polar surface area (TPSA) is 68.0 Å². The van der Waals surface area contributed by atoms with Crippen LogP contribution in [0.4, 0.5) is 0 Å². The van der Waals surface area contributed by atoms with Gasteiger partial charge in [0.15, 0.2) is 5.78 Å². The minimum Gasteiger partial charge on any atom is -0.442 e. The molecule has 0 saturated heterocycles. The van der Waals surface area contributed by atoms with Crippen LogP contribution in [0.3, 0.4) is 0 Å². The third-order valence-corrected chi connectivity index (χ3v) is 5.65. The first-order valence-corrected chi connectivity index (χ1v) is 10.0. The molecule has 4 rings (SSSR count). The zero-order chi connectivity index (χ0) is 19.9. The summed E-state index contributed by atoms with van der Waals surface area (Å²) in [5.41, 5.74) is 2.68. The van der Waals surface area contributed by atoms with Crippen molar-refractivity contribution in [2.24, 2.45) is 5.41 Å². The van der Waals surface area contributed by atoms with Crippen LogP contribution in [0.1, 0.15) is 63.5 Å². The lowest BCUT2D eigenvalue weighted by molar-refractivity contribution is -0.118. The Morgan fingerprint density at radius 2 is 2.00 bits per heavy atom. The lowest BCUT2D eigenvalue weighted by atomic mass is 9.70. The Hall–Kier alpha value is -2.69. The maximum Gasteiger partial charge on any atom is 0.228 e. The van der Waals surface area contributed by atoms with Gasteiger partial charge < -0.3 is 9.30 Å².